The fourth-order valence-electron chi connectivity index (χ4n) is 1.32. The van der Waals surface area contributed by atoms with Crippen molar-refractivity contribution in [2.45, 2.75) is 36.4 Å². The molecule has 0 heterocycles. The Balaban J connectivity index is 2.46. The van der Waals surface area contributed by atoms with Crippen LogP contribution in [0, 0.1) is 0 Å². The smallest absolute Gasteiger partial charge is 0.389 e. The number of hydrogen-bond acceptors (Lipinski definition) is 3. The summed E-state index contributed by atoms with van der Waals surface area (Å²) in [5, 5.41) is 12.5. The molecule has 0 unspecified atom stereocenters. The molecule has 0 spiro atoms. The number of alkyl halides is 3. The van der Waals surface area contributed by atoms with Crippen LogP contribution in [0.2, 0.25) is 0 Å². The number of aliphatic hydroxyl groups is 1. The summed E-state index contributed by atoms with van der Waals surface area (Å²) in [6.07, 6.45) is 0. The SMILES string of the molecule is CC(C)(O)CNCc1ccc(SC(F)(F)F)cc1. The molecule has 2 nitrogen and oxygen atoms in total. The molecular formula is C12H16F3NOS. The third kappa shape index (κ3) is 6.88. The summed E-state index contributed by atoms with van der Waals surface area (Å²) in [4.78, 5) is 0.175. The third-order valence-electron chi connectivity index (χ3n) is 2.04. The summed E-state index contributed by atoms with van der Waals surface area (Å²) >= 11 is -0.123. The quantitative estimate of drug-likeness (QED) is 0.812. The van der Waals surface area contributed by atoms with E-state index in [9.17, 15) is 18.3 Å². The van der Waals surface area contributed by atoms with Crippen molar-refractivity contribution >= 4 is 11.8 Å². The van der Waals surface area contributed by atoms with Crippen molar-refractivity contribution in [3.05, 3.63) is 29.8 Å². The molecule has 0 amide bonds. The second-order valence-corrected chi connectivity index (χ2v) is 5.75. The zero-order valence-electron chi connectivity index (χ0n) is 10.2. The normalized spacial score (nSPS) is 12.8. The second-order valence-electron chi connectivity index (χ2n) is 4.61. The Morgan fingerprint density at radius 3 is 2.17 bits per heavy atom. The van der Waals surface area contributed by atoms with E-state index in [0.717, 1.165) is 5.56 Å². The summed E-state index contributed by atoms with van der Waals surface area (Å²) in [5.41, 5.74) is -4.17. The standard InChI is InChI=1S/C12H16F3NOS/c1-11(2,17)8-16-7-9-3-5-10(6-4-9)18-12(13,14)15/h3-6,16-17H,7-8H2,1-2H3. The van der Waals surface area contributed by atoms with Crippen LogP contribution in [-0.2, 0) is 6.54 Å². The maximum atomic E-state index is 12.1. The molecule has 0 aliphatic rings. The third-order valence-corrected chi connectivity index (χ3v) is 2.78. The Morgan fingerprint density at radius 1 is 1.17 bits per heavy atom. The number of rotatable bonds is 5. The molecular weight excluding hydrogens is 263 g/mol. The van der Waals surface area contributed by atoms with E-state index in [1.165, 1.54) is 12.1 Å². The van der Waals surface area contributed by atoms with Gasteiger partial charge in [-0.25, -0.2) is 0 Å². The molecule has 0 bridgehead atoms. The Kier molecular flexibility index (Phi) is 5.07. The number of nitrogens with one attached hydrogen (secondary N) is 1. The van der Waals surface area contributed by atoms with E-state index < -0.39 is 11.1 Å². The van der Waals surface area contributed by atoms with Crippen LogP contribution in [0.5, 0.6) is 0 Å². The Morgan fingerprint density at radius 2 is 1.72 bits per heavy atom. The molecule has 6 heteroatoms. The van der Waals surface area contributed by atoms with Gasteiger partial charge in [0.15, 0.2) is 0 Å². The van der Waals surface area contributed by atoms with Gasteiger partial charge in [-0.15, -0.1) is 0 Å². The maximum Gasteiger partial charge on any atom is 0.446 e. The Hall–Kier alpha value is -0.720. The molecule has 2 N–H and O–H groups in total. The largest absolute Gasteiger partial charge is 0.446 e. The molecule has 0 atom stereocenters. The van der Waals surface area contributed by atoms with Crippen LogP contribution in [-0.4, -0.2) is 22.8 Å². The molecule has 0 aliphatic heterocycles. The molecule has 0 aliphatic carbocycles. The predicted octanol–water partition coefficient (Wildman–Crippen LogP) is 3.16. The molecule has 0 saturated heterocycles. The van der Waals surface area contributed by atoms with E-state index in [4.69, 9.17) is 0 Å². The first-order valence-corrected chi connectivity index (χ1v) is 6.25. The molecule has 1 aromatic carbocycles. The van der Waals surface area contributed by atoms with Crippen molar-refractivity contribution in [2.75, 3.05) is 6.54 Å². The predicted molar refractivity (Wildman–Crippen MR) is 66.4 cm³/mol. The van der Waals surface area contributed by atoms with Gasteiger partial charge in [0.25, 0.3) is 0 Å². The minimum Gasteiger partial charge on any atom is -0.389 e. The average Bonchev–Trinajstić information content (AvgIpc) is 2.16. The first-order chi connectivity index (χ1) is 8.16. The summed E-state index contributed by atoms with van der Waals surface area (Å²) in [7, 11) is 0. The van der Waals surface area contributed by atoms with E-state index >= 15 is 0 Å². The second kappa shape index (κ2) is 5.95. The van der Waals surface area contributed by atoms with Gasteiger partial charge in [0.1, 0.15) is 0 Å². The Labute approximate surface area is 109 Å². The van der Waals surface area contributed by atoms with Crippen molar-refractivity contribution in [2.24, 2.45) is 0 Å². The molecule has 0 radical (unpaired) electrons. The monoisotopic (exact) mass is 279 g/mol. The lowest BCUT2D eigenvalue weighted by Gasteiger charge is -2.17. The van der Waals surface area contributed by atoms with E-state index in [0.29, 0.717) is 13.1 Å². The van der Waals surface area contributed by atoms with E-state index in [1.54, 1.807) is 26.0 Å². The summed E-state index contributed by atoms with van der Waals surface area (Å²) in [6.45, 7) is 4.30. The highest BCUT2D eigenvalue weighted by molar-refractivity contribution is 8.00. The van der Waals surface area contributed by atoms with Gasteiger partial charge in [-0.05, 0) is 43.3 Å². The number of benzene rings is 1. The first kappa shape index (κ1) is 15.3. The maximum absolute atomic E-state index is 12.1. The lowest BCUT2D eigenvalue weighted by molar-refractivity contribution is -0.0328. The lowest BCUT2D eigenvalue weighted by atomic mass is 10.1. The van der Waals surface area contributed by atoms with Gasteiger partial charge in [0.05, 0.1) is 5.60 Å². The van der Waals surface area contributed by atoms with Gasteiger partial charge in [-0.1, -0.05) is 12.1 Å². The fourth-order valence-corrected chi connectivity index (χ4v) is 1.86. The van der Waals surface area contributed by atoms with Crippen LogP contribution in [0.25, 0.3) is 0 Å². The Bertz CT molecular complexity index is 370. The van der Waals surface area contributed by atoms with Crippen molar-refractivity contribution in [3.63, 3.8) is 0 Å². The number of halogens is 3. The molecule has 18 heavy (non-hydrogen) atoms. The summed E-state index contributed by atoms with van der Waals surface area (Å²) in [5.74, 6) is 0. The molecule has 0 saturated carbocycles. The molecule has 0 aromatic heterocycles. The highest BCUT2D eigenvalue weighted by Crippen LogP contribution is 2.36. The van der Waals surface area contributed by atoms with Gasteiger partial charge < -0.3 is 10.4 Å². The summed E-state index contributed by atoms with van der Waals surface area (Å²) < 4.78 is 36.3. The first-order valence-electron chi connectivity index (χ1n) is 5.43. The summed E-state index contributed by atoms with van der Waals surface area (Å²) in [6, 6.07) is 6.18. The molecule has 102 valence electrons. The van der Waals surface area contributed by atoms with Crippen molar-refractivity contribution < 1.29 is 18.3 Å². The van der Waals surface area contributed by atoms with Crippen LogP contribution in [0.15, 0.2) is 29.2 Å². The van der Waals surface area contributed by atoms with Crippen molar-refractivity contribution in [1.82, 2.24) is 5.32 Å². The van der Waals surface area contributed by atoms with E-state index in [-0.39, 0.29) is 16.7 Å². The van der Waals surface area contributed by atoms with Crippen LogP contribution in [0.1, 0.15) is 19.4 Å². The average molecular weight is 279 g/mol. The fraction of sp³-hybridized carbons (Fsp3) is 0.500. The van der Waals surface area contributed by atoms with Gasteiger partial charge in [-0.3, -0.25) is 0 Å². The van der Waals surface area contributed by atoms with Crippen LogP contribution >= 0.6 is 11.8 Å². The highest BCUT2D eigenvalue weighted by Gasteiger charge is 2.28. The van der Waals surface area contributed by atoms with Crippen LogP contribution in [0.3, 0.4) is 0 Å². The molecule has 0 fully saturated rings. The number of thioether (sulfide) groups is 1. The molecule has 1 aromatic rings. The zero-order chi connectivity index (χ0) is 13.8. The lowest BCUT2D eigenvalue weighted by Crippen LogP contribution is -2.34. The zero-order valence-corrected chi connectivity index (χ0v) is 11.0. The van der Waals surface area contributed by atoms with Crippen LogP contribution < -0.4 is 5.32 Å². The highest BCUT2D eigenvalue weighted by atomic mass is 32.2. The van der Waals surface area contributed by atoms with Gasteiger partial charge in [-0.2, -0.15) is 13.2 Å². The van der Waals surface area contributed by atoms with Gasteiger partial charge in [0.2, 0.25) is 0 Å². The van der Waals surface area contributed by atoms with E-state index in [1.807, 2.05) is 0 Å². The minimum absolute atomic E-state index is 0.123. The van der Waals surface area contributed by atoms with Crippen molar-refractivity contribution in [3.8, 4) is 0 Å². The van der Waals surface area contributed by atoms with Gasteiger partial charge in [0, 0.05) is 18.0 Å². The molecule has 1 rings (SSSR count). The topological polar surface area (TPSA) is 32.3 Å². The van der Waals surface area contributed by atoms with Crippen molar-refractivity contribution in [1.29, 1.82) is 0 Å². The van der Waals surface area contributed by atoms with E-state index in [2.05, 4.69) is 5.32 Å². The minimum atomic E-state index is -4.25. The van der Waals surface area contributed by atoms with Gasteiger partial charge >= 0.3 is 5.51 Å². The number of hydrogen-bond donors (Lipinski definition) is 2. The van der Waals surface area contributed by atoms with Crippen LogP contribution in [0.4, 0.5) is 13.2 Å².